The van der Waals surface area contributed by atoms with Crippen LogP contribution >= 0.6 is 0 Å². The quantitative estimate of drug-likeness (QED) is 0.849. The molecule has 1 heteroatoms. The van der Waals surface area contributed by atoms with E-state index in [2.05, 4.69) is 45.9 Å². The van der Waals surface area contributed by atoms with Gasteiger partial charge >= 0.3 is 0 Å². The van der Waals surface area contributed by atoms with Crippen molar-refractivity contribution < 1.29 is 0 Å². The maximum atomic E-state index is 6.12. The Kier molecular flexibility index (Phi) is 3.55. The van der Waals surface area contributed by atoms with E-state index < -0.39 is 0 Å². The molecule has 0 unspecified atom stereocenters. The second kappa shape index (κ2) is 4.70. The minimum absolute atomic E-state index is 0.254. The summed E-state index contributed by atoms with van der Waals surface area (Å²) in [6.45, 7) is 9.82. The van der Waals surface area contributed by atoms with Crippen molar-refractivity contribution in [2.24, 2.45) is 11.1 Å². The van der Waals surface area contributed by atoms with E-state index in [4.69, 9.17) is 5.73 Å². The smallest absolute Gasteiger partial charge is 0.00862 e. The summed E-state index contributed by atoms with van der Waals surface area (Å²) in [5, 5.41) is 0. The van der Waals surface area contributed by atoms with E-state index in [0.717, 1.165) is 6.54 Å². The van der Waals surface area contributed by atoms with E-state index in [1.54, 1.807) is 0 Å². The highest BCUT2D eigenvalue weighted by molar-refractivity contribution is 5.37. The molecule has 0 spiro atoms. The third-order valence-corrected chi connectivity index (χ3v) is 5.44. The molecule has 0 radical (unpaired) electrons. The molecule has 0 atom stereocenters. The summed E-state index contributed by atoms with van der Waals surface area (Å²) < 4.78 is 0. The zero-order valence-electron chi connectivity index (χ0n) is 12.3. The predicted octanol–water partition coefficient (Wildman–Crippen LogP) is 4.10. The molecule has 1 aromatic rings. The summed E-state index contributed by atoms with van der Waals surface area (Å²) >= 11 is 0. The summed E-state index contributed by atoms with van der Waals surface area (Å²) in [5.74, 6) is 0. The Labute approximate surface area is 112 Å². The molecule has 1 nitrogen and oxygen atoms in total. The molecule has 1 saturated carbocycles. The molecule has 0 heterocycles. The van der Waals surface area contributed by atoms with Gasteiger partial charge in [0.15, 0.2) is 0 Å². The van der Waals surface area contributed by atoms with Crippen LogP contribution in [0, 0.1) is 19.3 Å². The highest BCUT2D eigenvalue weighted by Crippen LogP contribution is 2.58. The van der Waals surface area contributed by atoms with E-state index >= 15 is 0 Å². The molecule has 1 aliphatic rings. The number of aryl methyl sites for hydroxylation is 2. The number of nitrogens with two attached hydrogens (primary N) is 1. The zero-order valence-corrected chi connectivity index (χ0v) is 12.3. The van der Waals surface area contributed by atoms with Crippen molar-refractivity contribution in [3.05, 3.63) is 34.9 Å². The molecule has 0 aromatic heterocycles. The van der Waals surface area contributed by atoms with E-state index in [-0.39, 0.29) is 5.41 Å². The molecule has 18 heavy (non-hydrogen) atoms. The Hall–Kier alpha value is -0.820. The van der Waals surface area contributed by atoms with Crippen LogP contribution in [-0.2, 0) is 5.41 Å². The fourth-order valence-corrected chi connectivity index (χ4v) is 3.67. The lowest BCUT2D eigenvalue weighted by atomic mass is 9.48. The van der Waals surface area contributed by atoms with Crippen molar-refractivity contribution in [1.29, 1.82) is 0 Å². The van der Waals surface area contributed by atoms with Gasteiger partial charge in [-0.2, -0.15) is 0 Å². The van der Waals surface area contributed by atoms with Crippen molar-refractivity contribution >= 4 is 0 Å². The van der Waals surface area contributed by atoms with Crippen LogP contribution in [0.25, 0.3) is 0 Å². The van der Waals surface area contributed by atoms with Gasteiger partial charge in [-0.3, -0.25) is 0 Å². The SMILES string of the molecule is CCC1(CC)CC(CN)(c2ccc(C)c(C)c2)C1. The molecular weight excluding hydrogens is 218 g/mol. The van der Waals surface area contributed by atoms with Gasteiger partial charge in [0.25, 0.3) is 0 Å². The number of rotatable bonds is 4. The topological polar surface area (TPSA) is 26.0 Å². The molecular formula is C17H27N. The Bertz CT molecular complexity index is 421. The lowest BCUT2D eigenvalue weighted by molar-refractivity contribution is 0.0182. The van der Waals surface area contributed by atoms with Gasteiger partial charge in [-0.25, -0.2) is 0 Å². The van der Waals surface area contributed by atoms with Crippen molar-refractivity contribution in [2.45, 2.75) is 58.8 Å². The first-order valence-electron chi connectivity index (χ1n) is 7.29. The van der Waals surface area contributed by atoms with Gasteiger partial charge in [-0.15, -0.1) is 0 Å². The lowest BCUT2D eigenvalue weighted by Crippen LogP contribution is -2.53. The molecule has 2 rings (SSSR count). The Morgan fingerprint density at radius 2 is 1.67 bits per heavy atom. The Balaban J connectivity index is 2.28. The Morgan fingerprint density at radius 1 is 1.06 bits per heavy atom. The second-order valence-corrected chi connectivity index (χ2v) is 6.34. The molecule has 0 bridgehead atoms. The third kappa shape index (κ3) is 1.99. The van der Waals surface area contributed by atoms with Crippen molar-refractivity contribution in [1.82, 2.24) is 0 Å². The van der Waals surface area contributed by atoms with Crippen LogP contribution in [0.2, 0.25) is 0 Å². The van der Waals surface area contributed by atoms with Gasteiger partial charge in [-0.05, 0) is 48.8 Å². The van der Waals surface area contributed by atoms with Crippen LogP contribution in [0.4, 0.5) is 0 Å². The van der Waals surface area contributed by atoms with Gasteiger partial charge in [-0.1, -0.05) is 44.9 Å². The fourth-order valence-electron chi connectivity index (χ4n) is 3.67. The summed E-state index contributed by atoms with van der Waals surface area (Å²) in [6.07, 6.45) is 5.12. The van der Waals surface area contributed by atoms with E-state index in [0.29, 0.717) is 5.41 Å². The van der Waals surface area contributed by atoms with Crippen LogP contribution in [0.5, 0.6) is 0 Å². The van der Waals surface area contributed by atoms with Crippen LogP contribution in [0.15, 0.2) is 18.2 Å². The molecule has 0 saturated heterocycles. The number of hydrogen-bond acceptors (Lipinski definition) is 1. The first kappa shape index (κ1) is 13.6. The third-order valence-electron chi connectivity index (χ3n) is 5.44. The summed E-state index contributed by atoms with van der Waals surface area (Å²) in [7, 11) is 0. The molecule has 1 aromatic carbocycles. The van der Waals surface area contributed by atoms with Crippen molar-refractivity contribution in [2.75, 3.05) is 6.54 Å². The summed E-state index contributed by atoms with van der Waals surface area (Å²) in [4.78, 5) is 0. The largest absolute Gasteiger partial charge is 0.330 e. The molecule has 1 fully saturated rings. The fraction of sp³-hybridized carbons (Fsp3) is 0.647. The summed E-state index contributed by atoms with van der Waals surface area (Å²) in [6, 6.07) is 6.90. The predicted molar refractivity (Wildman–Crippen MR) is 78.9 cm³/mol. The van der Waals surface area contributed by atoms with Crippen LogP contribution in [0.1, 0.15) is 56.2 Å². The molecule has 1 aliphatic carbocycles. The first-order chi connectivity index (χ1) is 8.51. The minimum atomic E-state index is 0.254. The van der Waals surface area contributed by atoms with Gasteiger partial charge in [0, 0.05) is 12.0 Å². The molecule has 0 amide bonds. The normalized spacial score (nSPS) is 20.5. The van der Waals surface area contributed by atoms with Gasteiger partial charge in [0.1, 0.15) is 0 Å². The highest BCUT2D eigenvalue weighted by Gasteiger charge is 2.52. The zero-order chi connectivity index (χ0) is 13.4. The van der Waals surface area contributed by atoms with Crippen LogP contribution < -0.4 is 5.73 Å². The maximum Gasteiger partial charge on any atom is 0.00862 e. The lowest BCUT2D eigenvalue weighted by Gasteiger charge is -2.56. The average molecular weight is 245 g/mol. The number of benzene rings is 1. The second-order valence-electron chi connectivity index (χ2n) is 6.34. The minimum Gasteiger partial charge on any atom is -0.330 e. The highest BCUT2D eigenvalue weighted by atomic mass is 14.7. The maximum absolute atomic E-state index is 6.12. The first-order valence-corrected chi connectivity index (χ1v) is 7.29. The molecule has 2 N–H and O–H groups in total. The van der Waals surface area contributed by atoms with Crippen molar-refractivity contribution in [3.63, 3.8) is 0 Å². The summed E-state index contributed by atoms with van der Waals surface area (Å²) in [5.41, 5.74) is 11.2. The van der Waals surface area contributed by atoms with E-state index in [1.165, 1.54) is 42.4 Å². The number of hydrogen-bond donors (Lipinski definition) is 1. The average Bonchev–Trinajstić information content (AvgIpc) is 2.34. The monoisotopic (exact) mass is 245 g/mol. The molecule has 0 aliphatic heterocycles. The van der Waals surface area contributed by atoms with Crippen LogP contribution in [-0.4, -0.2) is 6.54 Å². The van der Waals surface area contributed by atoms with Gasteiger partial charge in [0.2, 0.25) is 0 Å². The standard InChI is InChI=1S/C17H27N/c1-5-16(6-2)10-17(11-16,12-18)15-8-7-13(3)14(4)9-15/h7-9H,5-6,10-12,18H2,1-4H3. The molecule has 100 valence electrons. The van der Waals surface area contributed by atoms with Gasteiger partial charge in [0.05, 0.1) is 0 Å². The van der Waals surface area contributed by atoms with Crippen LogP contribution in [0.3, 0.4) is 0 Å². The van der Waals surface area contributed by atoms with Crippen molar-refractivity contribution in [3.8, 4) is 0 Å². The van der Waals surface area contributed by atoms with E-state index in [9.17, 15) is 0 Å². The van der Waals surface area contributed by atoms with E-state index in [1.807, 2.05) is 0 Å². The Morgan fingerprint density at radius 3 is 2.11 bits per heavy atom. The van der Waals surface area contributed by atoms with Gasteiger partial charge < -0.3 is 5.73 Å².